The molecule has 92 valence electrons. The SMILES string of the molecule is CCCCCC(CC#CI)OC(=O)N(N)N. The standard InChI is InChI=1S/C10H18IN3O2/c1-2-3-4-6-9(7-5-8-11)16-10(15)14(12)13/h9H,2-4,6-7,12-13H2,1H3. The van der Waals surface area contributed by atoms with E-state index in [9.17, 15) is 4.79 Å². The summed E-state index contributed by atoms with van der Waals surface area (Å²) < 4.78 is 7.84. The summed E-state index contributed by atoms with van der Waals surface area (Å²) in [4.78, 5) is 11.2. The summed E-state index contributed by atoms with van der Waals surface area (Å²) in [7, 11) is 0. The Morgan fingerprint density at radius 2 is 2.19 bits per heavy atom. The monoisotopic (exact) mass is 339 g/mol. The van der Waals surface area contributed by atoms with E-state index in [1.807, 2.05) is 22.6 Å². The van der Waals surface area contributed by atoms with Crippen LogP contribution in [0.4, 0.5) is 4.79 Å². The van der Waals surface area contributed by atoms with E-state index < -0.39 is 6.09 Å². The molecule has 0 fully saturated rings. The number of ether oxygens (including phenoxy) is 1. The maximum Gasteiger partial charge on any atom is 0.439 e. The second-order valence-corrected chi connectivity index (χ2v) is 3.92. The topological polar surface area (TPSA) is 81.6 Å². The average molecular weight is 339 g/mol. The predicted octanol–water partition coefficient (Wildman–Crippen LogP) is 1.91. The lowest BCUT2D eigenvalue weighted by molar-refractivity contribution is 0.0595. The van der Waals surface area contributed by atoms with E-state index in [1.54, 1.807) is 0 Å². The number of rotatable bonds is 6. The zero-order chi connectivity index (χ0) is 12.4. The number of unbranched alkanes of at least 4 members (excludes halogenated alkanes) is 2. The lowest BCUT2D eigenvalue weighted by Gasteiger charge is -2.17. The summed E-state index contributed by atoms with van der Waals surface area (Å²) in [5, 5.41) is 0.449. The zero-order valence-corrected chi connectivity index (χ0v) is 11.6. The number of halogens is 1. The molecular weight excluding hydrogens is 321 g/mol. The normalized spacial score (nSPS) is 11.2. The summed E-state index contributed by atoms with van der Waals surface area (Å²) in [6.07, 6.45) is 3.60. The quantitative estimate of drug-likeness (QED) is 0.193. The molecule has 0 aromatic carbocycles. The first-order valence-corrected chi connectivity index (χ1v) is 6.28. The highest BCUT2D eigenvalue weighted by atomic mass is 127. The highest BCUT2D eigenvalue weighted by Crippen LogP contribution is 2.10. The molecule has 1 unspecified atom stereocenters. The molecule has 1 amide bonds. The van der Waals surface area contributed by atoms with Crippen molar-refractivity contribution < 1.29 is 9.53 Å². The van der Waals surface area contributed by atoms with Crippen LogP contribution in [0.15, 0.2) is 0 Å². The summed E-state index contributed by atoms with van der Waals surface area (Å²) in [5.41, 5.74) is 0. The van der Waals surface area contributed by atoms with Crippen molar-refractivity contribution in [3.8, 4) is 9.85 Å². The lowest BCUT2D eigenvalue weighted by atomic mass is 10.1. The van der Waals surface area contributed by atoms with Gasteiger partial charge in [0.05, 0.1) is 0 Å². The van der Waals surface area contributed by atoms with E-state index in [4.69, 9.17) is 16.4 Å². The Labute approximate surface area is 110 Å². The van der Waals surface area contributed by atoms with Crippen molar-refractivity contribution in [2.24, 2.45) is 11.7 Å². The molecule has 0 saturated carbocycles. The Kier molecular flexibility index (Phi) is 9.37. The van der Waals surface area contributed by atoms with E-state index in [-0.39, 0.29) is 6.10 Å². The summed E-state index contributed by atoms with van der Waals surface area (Å²) in [6.45, 7) is 2.12. The molecule has 0 aliphatic carbocycles. The van der Waals surface area contributed by atoms with Gasteiger partial charge in [-0.15, -0.1) is 0 Å². The minimum atomic E-state index is -0.725. The maximum atomic E-state index is 11.2. The fourth-order valence-corrected chi connectivity index (χ4v) is 1.40. The van der Waals surface area contributed by atoms with E-state index in [0.29, 0.717) is 11.5 Å². The first-order valence-electron chi connectivity index (χ1n) is 5.20. The average Bonchev–Trinajstić information content (AvgIpc) is 2.25. The molecule has 0 heterocycles. The molecule has 0 saturated heterocycles. The van der Waals surface area contributed by atoms with E-state index in [1.165, 1.54) is 0 Å². The summed E-state index contributed by atoms with van der Waals surface area (Å²) in [5.74, 6) is 13.0. The molecule has 4 N–H and O–H groups in total. The van der Waals surface area contributed by atoms with Crippen LogP contribution in [0.5, 0.6) is 0 Å². The van der Waals surface area contributed by atoms with Gasteiger partial charge in [0, 0.05) is 29.0 Å². The van der Waals surface area contributed by atoms with Gasteiger partial charge in [-0.05, 0) is 16.8 Å². The highest BCUT2D eigenvalue weighted by Gasteiger charge is 2.15. The van der Waals surface area contributed by atoms with E-state index >= 15 is 0 Å². The smallest absolute Gasteiger partial charge is 0.439 e. The van der Waals surface area contributed by atoms with Crippen LogP contribution in [0.25, 0.3) is 0 Å². The Hall–Kier alpha value is -0.520. The van der Waals surface area contributed by atoms with E-state index in [0.717, 1.165) is 25.7 Å². The molecule has 0 rings (SSSR count). The van der Waals surface area contributed by atoms with Gasteiger partial charge in [0.2, 0.25) is 0 Å². The second kappa shape index (κ2) is 9.69. The molecule has 0 aliphatic rings. The predicted molar refractivity (Wildman–Crippen MR) is 71.0 cm³/mol. The Morgan fingerprint density at radius 3 is 2.69 bits per heavy atom. The third-order valence-electron chi connectivity index (χ3n) is 2.00. The summed E-state index contributed by atoms with van der Waals surface area (Å²) >= 11 is 1.95. The van der Waals surface area contributed by atoms with Crippen molar-refractivity contribution in [2.75, 3.05) is 0 Å². The van der Waals surface area contributed by atoms with Crippen LogP contribution >= 0.6 is 22.6 Å². The van der Waals surface area contributed by atoms with Crippen LogP contribution < -0.4 is 11.7 Å². The van der Waals surface area contributed by atoms with Gasteiger partial charge in [-0.1, -0.05) is 25.7 Å². The first kappa shape index (κ1) is 15.5. The number of carbonyl (C=O) groups is 1. The van der Waals surface area contributed by atoms with Crippen molar-refractivity contribution in [1.29, 1.82) is 0 Å². The number of hydrogen-bond acceptors (Lipinski definition) is 4. The number of nitrogens with zero attached hydrogens (tertiary/aromatic N) is 1. The van der Waals surface area contributed by atoms with Crippen molar-refractivity contribution in [1.82, 2.24) is 5.12 Å². The fraction of sp³-hybridized carbons (Fsp3) is 0.700. The molecule has 0 bridgehead atoms. The van der Waals surface area contributed by atoms with Gasteiger partial charge >= 0.3 is 6.09 Å². The van der Waals surface area contributed by atoms with Gasteiger partial charge in [0.15, 0.2) is 0 Å². The van der Waals surface area contributed by atoms with Crippen LogP contribution in [-0.2, 0) is 4.74 Å². The number of nitrogens with two attached hydrogens (primary N) is 2. The second-order valence-electron chi connectivity index (χ2n) is 3.38. The van der Waals surface area contributed by atoms with Crippen LogP contribution in [0.2, 0.25) is 0 Å². The Morgan fingerprint density at radius 1 is 1.50 bits per heavy atom. The van der Waals surface area contributed by atoms with Gasteiger partial charge in [0.25, 0.3) is 0 Å². The molecule has 5 nitrogen and oxygen atoms in total. The molecule has 0 aromatic rings. The van der Waals surface area contributed by atoms with Crippen LogP contribution in [0.1, 0.15) is 39.0 Å². The van der Waals surface area contributed by atoms with Crippen LogP contribution in [0.3, 0.4) is 0 Å². The van der Waals surface area contributed by atoms with E-state index in [2.05, 4.69) is 16.8 Å². The molecule has 16 heavy (non-hydrogen) atoms. The van der Waals surface area contributed by atoms with Gasteiger partial charge in [0.1, 0.15) is 6.10 Å². The number of carbonyl (C=O) groups excluding carboxylic acids is 1. The molecule has 0 spiro atoms. The van der Waals surface area contributed by atoms with Gasteiger partial charge in [-0.2, -0.15) is 5.12 Å². The largest absolute Gasteiger partial charge is 0.443 e. The maximum absolute atomic E-state index is 11.2. The van der Waals surface area contributed by atoms with Gasteiger partial charge in [-0.3, -0.25) is 0 Å². The molecule has 0 radical (unpaired) electrons. The van der Waals surface area contributed by atoms with Crippen LogP contribution in [-0.4, -0.2) is 17.3 Å². The molecule has 0 aliphatic heterocycles. The summed E-state index contributed by atoms with van der Waals surface area (Å²) in [6, 6.07) is 0. The van der Waals surface area contributed by atoms with Crippen molar-refractivity contribution in [3.05, 3.63) is 0 Å². The minimum absolute atomic E-state index is 0.226. The van der Waals surface area contributed by atoms with Gasteiger partial charge in [-0.25, -0.2) is 16.5 Å². The number of amides is 1. The van der Waals surface area contributed by atoms with Crippen molar-refractivity contribution >= 4 is 28.7 Å². The zero-order valence-electron chi connectivity index (χ0n) is 9.41. The van der Waals surface area contributed by atoms with Gasteiger partial charge < -0.3 is 4.74 Å². The first-order chi connectivity index (χ1) is 7.61. The fourth-order valence-electron chi connectivity index (χ4n) is 1.18. The molecular formula is C10H18IN3O2. The number of hydrogen-bond donors (Lipinski definition) is 2. The highest BCUT2D eigenvalue weighted by molar-refractivity contribution is 14.1. The minimum Gasteiger partial charge on any atom is -0.443 e. The number of hydrazine groups is 2. The molecule has 0 aromatic heterocycles. The lowest BCUT2D eigenvalue weighted by Crippen LogP contribution is -2.45. The molecule has 6 heteroatoms. The Balaban J connectivity index is 4.07. The Bertz CT molecular complexity index is 261. The van der Waals surface area contributed by atoms with Crippen molar-refractivity contribution in [3.63, 3.8) is 0 Å². The molecule has 1 atom stereocenters. The van der Waals surface area contributed by atoms with Crippen molar-refractivity contribution in [2.45, 2.75) is 45.1 Å². The third kappa shape index (κ3) is 7.73. The van der Waals surface area contributed by atoms with Crippen LogP contribution in [0, 0.1) is 9.85 Å². The third-order valence-corrected chi connectivity index (χ3v) is 2.39.